The summed E-state index contributed by atoms with van der Waals surface area (Å²) in [5, 5.41) is 0. The molecule has 5 heteroatoms. The van der Waals surface area contributed by atoms with Gasteiger partial charge in [0, 0.05) is 44.6 Å². The van der Waals surface area contributed by atoms with Gasteiger partial charge in [-0.1, -0.05) is 12.1 Å². The zero-order valence-corrected chi connectivity index (χ0v) is 14.8. The smallest absolute Gasteiger partial charge is 0.225 e. The Labute approximate surface area is 144 Å². The number of nitrogens with zero attached hydrogens (tertiary/aromatic N) is 4. The number of benzene rings is 1. The molecule has 1 aliphatic heterocycles. The standard InChI is InChI=1S/C19H26N4O/c1-4-24-18-7-5-17(6-8-18)14-22-9-11-23(12-10-22)19-20-13-15(2)16(3)21-19/h5-8,13H,4,9-12,14H2,1-3H3. The van der Waals surface area contributed by atoms with Crippen LogP contribution in [0.5, 0.6) is 5.75 Å². The molecule has 0 unspecified atom stereocenters. The number of rotatable bonds is 5. The van der Waals surface area contributed by atoms with Crippen molar-refractivity contribution in [3.8, 4) is 5.75 Å². The molecule has 0 saturated carbocycles. The van der Waals surface area contributed by atoms with E-state index in [-0.39, 0.29) is 0 Å². The maximum absolute atomic E-state index is 5.50. The van der Waals surface area contributed by atoms with E-state index < -0.39 is 0 Å². The van der Waals surface area contributed by atoms with E-state index in [9.17, 15) is 0 Å². The van der Waals surface area contributed by atoms with Crippen molar-refractivity contribution in [1.29, 1.82) is 0 Å². The van der Waals surface area contributed by atoms with E-state index in [2.05, 4.69) is 44.0 Å². The van der Waals surface area contributed by atoms with E-state index in [4.69, 9.17) is 4.74 Å². The number of hydrogen-bond donors (Lipinski definition) is 0. The van der Waals surface area contributed by atoms with Crippen molar-refractivity contribution in [3.05, 3.63) is 47.3 Å². The van der Waals surface area contributed by atoms with Gasteiger partial charge in [0.2, 0.25) is 5.95 Å². The Balaban J connectivity index is 1.54. The van der Waals surface area contributed by atoms with Gasteiger partial charge in [-0.3, -0.25) is 4.90 Å². The van der Waals surface area contributed by atoms with Gasteiger partial charge in [0.25, 0.3) is 0 Å². The minimum absolute atomic E-state index is 0.710. The number of aromatic nitrogens is 2. The van der Waals surface area contributed by atoms with Gasteiger partial charge in [0.1, 0.15) is 5.75 Å². The van der Waals surface area contributed by atoms with Gasteiger partial charge >= 0.3 is 0 Å². The molecule has 1 aliphatic rings. The highest BCUT2D eigenvalue weighted by atomic mass is 16.5. The molecular weight excluding hydrogens is 300 g/mol. The van der Waals surface area contributed by atoms with Crippen LogP contribution in [0.2, 0.25) is 0 Å². The third-order valence-electron chi connectivity index (χ3n) is 4.51. The first-order chi connectivity index (χ1) is 11.7. The molecule has 24 heavy (non-hydrogen) atoms. The van der Waals surface area contributed by atoms with Crippen LogP contribution in [-0.2, 0) is 6.54 Å². The highest BCUT2D eigenvalue weighted by molar-refractivity contribution is 5.33. The molecule has 1 saturated heterocycles. The number of piperazine rings is 1. The predicted octanol–water partition coefficient (Wildman–Crippen LogP) is 2.81. The second kappa shape index (κ2) is 7.62. The molecule has 0 atom stereocenters. The van der Waals surface area contributed by atoms with E-state index in [0.717, 1.165) is 55.7 Å². The third-order valence-corrected chi connectivity index (χ3v) is 4.51. The largest absolute Gasteiger partial charge is 0.494 e. The van der Waals surface area contributed by atoms with Gasteiger partial charge in [-0.25, -0.2) is 9.97 Å². The Morgan fingerprint density at radius 1 is 1.04 bits per heavy atom. The lowest BCUT2D eigenvalue weighted by Gasteiger charge is -2.34. The molecule has 2 aromatic rings. The minimum atomic E-state index is 0.710. The molecule has 3 rings (SSSR count). The number of hydrogen-bond acceptors (Lipinski definition) is 5. The summed E-state index contributed by atoms with van der Waals surface area (Å²) in [6.45, 7) is 11.8. The molecular formula is C19H26N4O. The lowest BCUT2D eigenvalue weighted by Crippen LogP contribution is -2.46. The Kier molecular flexibility index (Phi) is 5.30. The summed E-state index contributed by atoms with van der Waals surface area (Å²) >= 11 is 0. The van der Waals surface area contributed by atoms with Crippen molar-refractivity contribution in [2.75, 3.05) is 37.7 Å². The van der Waals surface area contributed by atoms with Crippen LogP contribution < -0.4 is 9.64 Å². The van der Waals surface area contributed by atoms with Crippen LogP contribution in [0.4, 0.5) is 5.95 Å². The molecule has 128 valence electrons. The van der Waals surface area contributed by atoms with Crippen LogP contribution in [0.25, 0.3) is 0 Å². The van der Waals surface area contributed by atoms with Crippen molar-refractivity contribution in [2.45, 2.75) is 27.3 Å². The highest BCUT2D eigenvalue weighted by Gasteiger charge is 2.19. The van der Waals surface area contributed by atoms with Crippen molar-refractivity contribution in [1.82, 2.24) is 14.9 Å². The summed E-state index contributed by atoms with van der Waals surface area (Å²) in [5.74, 6) is 1.80. The molecule has 1 aromatic carbocycles. The first kappa shape index (κ1) is 16.7. The maximum atomic E-state index is 5.50. The van der Waals surface area contributed by atoms with Crippen LogP contribution in [0.3, 0.4) is 0 Å². The predicted molar refractivity (Wildman–Crippen MR) is 96.6 cm³/mol. The second-order valence-corrected chi connectivity index (χ2v) is 6.28. The summed E-state index contributed by atoms with van der Waals surface area (Å²) in [6.07, 6.45) is 1.92. The average Bonchev–Trinajstić information content (AvgIpc) is 2.60. The normalized spacial score (nSPS) is 15.5. The van der Waals surface area contributed by atoms with Gasteiger partial charge in [-0.05, 0) is 44.0 Å². The zero-order valence-electron chi connectivity index (χ0n) is 14.8. The van der Waals surface area contributed by atoms with Crippen molar-refractivity contribution in [2.24, 2.45) is 0 Å². The molecule has 1 aromatic heterocycles. The highest BCUT2D eigenvalue weighted by Crippen LogP contribution is 2.17. The molecule has 0 aliphatic carbocycles. The van der Waals surface area contributed by atoms with Crippen molar-refractivity contribution < 1.29 is 4.74 Å². The van der Waals surface area contributed by atoms with Gasteiger partial charge in [-0.2, -0.15) is 0 Å². The van der Waals surface area contributed by atoms with Crippen LogP contribution in [0.15, 0.2) is 30.5 Å². The number of aryl methyl sites for hydroxylation is 2. The van der Waals surface area contributed by atoms with E-state index in [1.807, 2.05) is 27.0 Å². The quantitative estimate of drug-likeness (QED) is 0.845. The first-order valence-electron chi connectivity index (χ1n) is 8.65. The second-order valence-electron chi connectivity index (χ2n) is 6.28. The van der Waals surface area contributed by atoms with E-state index >= 15 is 0 Å². The van der Waals surface area contributed by atoms with Crippen LogP contribution in [0, 0.1) is 13.8 Å². The molecule has 0 radical (unpaired) electrons. The average molecular weight is 326 g/mol. The maximum Gasteiger partial charge on any atom is 0.225 e. The fourth-order valence-corrected chi connectivity index (χ4v) is 2.89. The van der Waals surface area contributed by atoms with Crippen molar-refractivity contribution in [3.63, 3.8) is 0 Å². The molecule has 5 nitrogen and oxygen atoms in total. The van der Waals surface area contributed by atoms with E-state index in [1.165, 1.54) is 5.56 Å². The topological polar surface area (TPSA) is 41.5 Å². The summed E-state index contributed by atoms with van der Waals surface area (Å²) in [5.41, 5.74) is 3.54. The summed E-state index contributed by atoms with van der Waals surface area (Å²) in [6, 6.07) is 8.42. The Bertz CT molecular complexity index is 664. The van der Waals surface area contributed by atoms with Gasteiger partial charge in [0.05, 0.1) is 6.61 Å². The van der Waals surface area contributed by atoms with Crippen LogP contribution in [0.1, 0.15) is 23.7 Å². The SMILES string of the molecule is CCOc1ccc(CN2CCN(c3ncc(C)c(C)n3)CC2)cc1. The summed E-state index contributed by atoms with van der Waals surface area (Å²) in [7, 11) is 0. The lowest BCUT2D eigenvalue weighted by molar-refractivity contribution is 0.248. The lowest BCUT2D eigenvalue weighted by atomic mass is 10.2. The third kappa shape index (κ3) is 4.03. The first-order valence-corrected chi connectivity index (χ1v) is 8.65. The molecule has 0 spiro atoms. The fourth-order valence-electron chi connectivity index (χ4n) is 2.89. The monoisotopic (exact) mass is 326 g/mol. The minimum Gasteiger partial charge on any atom is -0.494 e. The molecule has 0 N–H and O–H groups in total. The molecule has 1 fully saturated rings. The van der Waals surface area contributed by atoms with E-state index in [1.54, 1.807) is 0 Å². The molecule has 0 bridgehead atoms. The van der Waals surface area contributed by atoms with E-state index in [0.29, 0.717) is 6.61 Å². The van der Waals surface area contributed by atoms with Gasteiger partial charge < -0.3 is 9.64 Å². The molecule has 2 heterocycles. The van der Waals surface area contributed by atoms with Gasteiger partial charge in [-0.15, -0.1) is 0 Å². The van der Waals surface area contributed by atoms with Crippen LogP contribution >= 0.6 is 0 Å². The Morgan fingerprint density at radius 3 is 2.38 bits per heavy atom. The number of ether oxygens (including phenoxy) is 1. The Morgan fingerprint density at radius 2 is 1.75 bits per heavy atom. The zero-order chi connectivity index (χ0) is 16.9. The van der Waals surface area contributed by atoms with Gasteiger partial charge in [0.15, 0.2) is 0 Å². The fraction of sp³-hybridized carbons (Fsp3) is 0.474. The van der Waals surface area contributed by atoms with Crippen molar-refractivity contribution >= 4 is 5.95 Å². The summed E-state index contributed by atoms with van der Waals surface area (Å²) in [4.78, 5) is 13.9. The van der Waals surface area contributed by atoms with Crippen LogP contribution in [-0.4, -0.2) is 47.7 Å². The summed E-state index contributed by atoms with van der Waals surface area (Å²) < 4.78 is 5.50. The number of anilines is 1. The Hall–Kier alpha value is -2.14. The molecule has 0 amide bonds.